The lowest BCUT2D eigenvalue weighted by Crippen LogP contribution is -2.08. The van der Waals surface area contributed by atoms with Crippen molar-refractivity contribution in [2.75, 3.05) is 0 Å². The number of hydrogen-bond donors (Lipinski definition) is 0. The van der Waals surface area contributed by atoms with E-state index in [1.807, 2.05) is 55.7 Å². The van der Waals surface area contributed by atoms with E-state index < -0.39 is 0 Å². The van der Waals surface area contributed by atoms with Crippen molar-refractivity contribution in [2.45, 2.75) is 20.0 Å². The Labute approximate surface area is 176 Å². The second-order valence-electron chi connectivity index (χ2n) is 7.35. The predicted octanol–water partition coefficient (Wildman–Crippen LogP) is 4.79. The van der Waals surface area contributed by atoms with Crippen LogP contribution in [0.15, 0.2) is 79.4 Å². The van der Waals surface area contributed by atoms with Crippen LogP contribution in [0.5, 0.6) is 5.75 Å². The minimum absolute atomic E-state index is 0.0000195. The fourth-order valence-electron chi connectivity index (χ4n) is 3.37. The fraction of sp³-hybridized carbons (Fsp3) is 0.160. The van der Waals surface area contributed by atoms with Crippen molar-refractivity contribution in [1.29, 1.82) is 0 Å². The number of aromatic nitrogens is 3. The van der Waals surface area contributed by atoms with E-state index in [9.17, 15) is 4.79 Å². The molecule has 0 saturated carbocycles. The molecule has 0 aliphatic carbocycles. The number of pyridine rings is 1. The maximum absolute atomic E-state index is 13.0. The minimum atomic E-state index is -0.0000195. The maximum atomic E-state index is 13.0. The van der Waals surface area contributed by atoms with Gasteiger partial charge in [0, 0.05) is 37.6 Å². The molecule has 0 radical (unpaired) electrons. The first-order valence-electron chi connectivity index (χ1n) is 9.82. The summed E-state index contributed by atoms with van der Waals surface area (Å²) in [5.41, 5.74) is 5.62. The normalized spacial score (nSPS) is 10.7. The van der Waals surface area contributed by atoms with Gasteiger partial charge in [-0.1, -0.05) is 42.0 Å². The lowest BCUT2D eigenvalue weighted by atomic mass is 10.00. The molecule has 5 nitrogen and oxygen atoms in total. The zero-order valence-electron chi connectivity index (χ0n) is 17.1. The Balaban J connectivity index is 1.64. The number of carbonyl (C=O) groups excluding carboxylic acids is 1. The highest BCUT2D eigenvalue weighted by molar-refractivity contribution is 6.00. The molecule has 2 aromatic carbocycles. The molecule has 5 heteroatoms. The van der Waals surface area contributed by atoms with Crippen LogP contribution in [0.25, 0.3) is 11.1 Å². The zero-order valence-corrected chi connectivity index (χ0v) is 17.1. The number of hydrogen-bond acceptors (Lipinski definition) is 4. The highest BCUT2D eigenvalue weighted by atomic mass is 16.5. The van der Waals surface area contributed by atoms with Gasteiger partial charge >= 0.3 is 0 Å². The summed E-state index contributed by atoms with van der Waals surface area (Å²) in [6, 6.07) is 17.6. The minimum Gasteiger partial charge on any atom is -0.488 e. The second-order valence-corrected chi connectivity index (χ2v) is 7.35. The summed E-state index contributed by atoms with van der Waals surface area (Å²) < 4.78 is 7.90. The molecule has 4 aromatic rings. The first-order valence-corrected chi connectivity index (χ1v) is 9.82. The van der Waals surface area contributed by atoms with Crippen molar-refractivity contribution in [3.8, 4) is 16.9 Å². The van der Waals surface area contributed by atoms with Crippen LogP contribution < -0.4 is 4.74 Å². The fourth-order valence-corrected chi connectivity index (χ4v) is 3.37. The smallest absolute Gasteiger partial charge is 0.171 e. The van der Waals surface area contributed by atoms with Gasteiger partial charge in [0.25, 0.3) is 0 Å². The first-order chi connectivity index (χ1) is 14.6. The first kappa shape index (κ1) is 19.6. The van der Waals surface area contributed by atoms with Crippen LogP contribution in [0.4, 0.5) is 0 Å². The molecule has 150 valence electrons. The average molecular weight is 397 g/mol. The molecule has 30 heavy (non-hydrogen) atoms. The topological polar surface area (TPSA) is 57.0 Å². The number of ether oxygens (including phenoxy) is 1. The lowest BCUT2D eigenvalue weighted by Gasteiger charge is -2.13. The highest BCUT2D eigenvalue weighted by Crippen LogP contribution is 2.29. The average Bonchev–Trinajstić information content (AvgIpc) is 3.19. The number of aryl methyl sites for hydroxylation is 2. The van der Waals surface area contributed by atoms with Crippen molar-refractivity contribution < 1.29 is 9.53 Å². The van der Waals surface area contributed by atoms with E-state index in [4.69, 9.17) is 4.74 Å². The number of carbonyl (C=O) groups is 1. The number of rotatable bonds is 7. The van der Waals surface area contributed by atoms with E-state index in [2.05, 4.69) is 29.1 Å². The third-order valence-corrected chi connectivity index (χ3v) is 4.88. The van der Waals surface area contributed by atoms with E-state index in [-0.39, 0.29) is 12.2 Å². The molecule has 0 fully saturated rings. The monoisotopic (exact) mass is 397 g/mol. The van der Waals surface area contributed by atoms with Crippen molar-refractivity contribution in [3.63, 3.8) is 0 Å². The molecule has 4 rings (SSSR count). The van der Waals surface area contributed by atoms with Crippen LogP contribution in [0.1, 0.15) is 27.0 Å². The van der Waals surface area contributed by atoms with Gasteiger partial charge < -0.3 is 4.74 Å². The Morgan fingerprint density at radius 2 is 1.87 bits per heavy atom. The molecule has 0 unspecified atom stereocenters. The van der Waals surface area contributed by atoms with Crippen molar-refractivity contribution >= 4 is 5.78 Å². The van der Waals surface area contributed by atoms with Gasteiger partial charge in [0.1, 0.15) is 12.4 Å². The van der Waals surface area contributed by atoms with Gasteiger partial charge in [-0.05, 0) is 41.8 Å². The molecule has 0 aliphatic heterocycles. The third kappa shape index (κ3) is 4.63. The number of nitrogens with zero attached hydrogens (tertiary/aromatic N) is 3. The molecular formula is C25H23N3O2. The Kier molecular flexibility index (Phi) is 5.70. The van der Waals surface area contributed by atoms with E-state index in [1.165, 1.54) is 5.56 Å². The van der Waals surface area contributed by atoms with Crippen LogP contribution in [0.3, 0.4) is 0 Å². The van der Waals surface area contributed by atoms with Crippen molar-refractivity contribution in [1.82, 2.24) is 14.8 Å². The molecule has 0 N–H and O–H groups in total. The Hall–Kier alpha value is -3.73. The predicted molar refractivity (Wildman–Crippen MR) is 116 cm³/mol. The lowest BCUT2D eigenvalue weighted by molar-refractivity contribution is 0.0988. The summed E-state index contributed by atoms with van der Waals surface area (Å²) in [6.07, 6.45) is 7.44. The molecular weight excluding hydrogens is 374 g/mol. The highest BCUT2D eigenvalue weighted by Gasteiger charge is 2.16. The molecule has 0 saturated heterocycles. The van der Waals surface area contributed by atoms with Gasteiger partial charge in [0.05, 0.1) is 11.8 Å². The van der Waals surface area contributed by atoms with Gasteiger partial charge in [-0.3, -0.25) is 14.5 Å². The van der Waals surface area contributed by atoms with Crippen LogP contribution in [-0.4, -0.2) is 20.5 Å². The van der Waals surface area contributed by atoms with Crippen molar-refractivity contribution in [3.05, 3.63) is 102 Å². The molecule has 0 amide bonds. The van der Waals surface area contributed by atoms with E-state index in [1.54, 1.807) is 23.3 Å². The summed E-state index contributed by atoms with van der Waals surface area (Å²) in [5.74, 6) is 0.576. The second kappa shape index (κ2) is 8.74. The Morgan fingerprint density at radius 3 is 2.60 bits per heavy atom. The van der Waals surface area contributed by atoms with Crippen LogP contribution in [0.2, 0.25) is 0 Å². The summed E-state index contributed by atoms with van der Waals surface area (Å²) in [5, 5.41) is 4.24. The van der Waals surface area contributed by atoms with Gasteiger partial charge in [-0.15, -0.1) is 0 Å². The molecule has 0 spiro atoms. The van der Waals surface area contributed by atoms with Gasteiger partial charge in [0.2, 0.25) is 0 Å². The van der Waals surface area contributed by atoms with Crippen LogP contribution >= 0.6 is 0 Å². The largest absolute Gasteiger partial charge is 0.488 e. The summed E-state index contributed by atoms with van der Waals surface area (Å²) >= 11 is 0. The number of Topliss-reactive ketones (excluding diaryl/α,β-unsaturated/α-hetero) is 1. The van der Waals surface area contributed by atoms with E-state index >= 15 is 0 Å². The summed E-state index contributed by atoms with van der Waals surface area (Å²) in [6.45, 7) is 2.45. The molecule has 0 aliphatic rings. The van der Waals surface area contributed by atoms with Crippen molar-refractivity contribution in [2.24, 2.45) is 7.05 Å². The number of ketones is 1. The quantitative estimate of drug-likeness (QED) is 0.421. The van der Waals surface area contributed by atoms with Gasteiger partial charge in [-0.25, -0.2) is 0 Å². The number of benzene rings is 2. The van der Waals surface area contributed by atoms with E-state index in [0.717, 1.165) is 22.3 Å². The Morgan fingerprint density at radius 1 is 1.00 bits per heavy atom. The Bertz CT molecular complexity index is 1170. The molecule has 0 bridgehead atoms. The summed E-state index contributed by atoms with van der Waals surface area (Å²) in [7, 11) is 1.88. The van der Waals surface area contributed by atoms with Crippen LogP contribution in [-0.2, 0) is 20.1 Å². The third-order valence-electron chi connectivity index (χ3n) is 4.88. The SMILES string of the molecule is Cc1cccc(COc2cc(-c3cnn(C)c3)ccc2C(=O)Cc2cccnc2)c1. The van der Waals surface area contributed by atoms with Gasteiger partial charge in [-0.2, -0.15) is 5.10 Å². The molecule has 2 heterocycles. The maximum Gasteiger partial charge on any atom is 0.171 e. The molecule has 2 aromatic heterocycles. The zero-order chi connectivity index (χ0) is 20.9. The van der Waals surface area contributed by atoms with E-state index in [0.29, 0.717) is 17.9 Å². The summed E-state index contributed by atoms with van der Waals surface area (Å²) in [4.78, 5) is 17.1. The van der Waals surface area contributed by atoms with Crippen LogP contribution in [0, 0.1) is 6.92 Å². The standard InChI is InChI=1S/C25H23N3O2/c1-18-5-3-6-20(11-18)17-30-25-13-21(22-15-27-28(2)16-22)8-9-23(25)24(29)12-19-7-4-10-26-14-19/h3-11,13-16H,12,17H2,1-2H3. The molecule has 0 atom stereocenters. The van der Waals surface area contributed by atoms with Gasteiger partial charge in [0.15, 0.2) is 5.78 Å².